The molecule has 3 aromatic carbocycles. The maximum atomic E-state index is 13.7. The van der Waals surface area contributed by atoms with Crippen LogP contribution in [-0.2, 0) is 4.79 Å². The second kappa shape index (κ2) is 8.32. The molecule has 0 aliphatic heterocycles. The number of carbonyl (C=O) groups is 1. The van der Waals surface area contributed by atoms with Crippen LogP contribution in [0.25, 0.3) is 6.08 Å². The number of rotatable bonds is 5. The molecule has 0 atom stereocenters. The predicted octanol–water partition coefficient (Wildman–Crippen LogP) is 5.92. The van der Waals surface area contributed by atoms with E-state index < -0.39 is 5.82 Å². The Morgan fingerprint density at radius 1 is 0.923 bits per heavy atom. The van der Waals surface area contributed by atoms with E-state index in [1.165, 1.54) is 24.3 Å². The van der Waals surface area contributed by atoms with Gasteiger partial charge in [-0.1, -0.05) is 35.9 Å². The molecule has 1 amide bonds. The van der Waals surface area contributed by atoms with Crippen molar-refractivity contribution in [2.45, 2.75) is 0 Å². The number of anilines is 1. The van der Waals surface area contributed by atoms with Gasteiger partial charge < -0.3 is 10.1 Å². The van der Waals surface area contributed by atoms with Crippen LogP contribution in [0.3, 0.4) is 0 Å². The van der Waals surface area contributed by atoms with Crippen LogP contribution in [0.1, 0.15) is 5.56 Å². The summed E-state index contributed by atoms with van der Waals surface area (Å²) in [6, 6.07) is 20.7. The highest BCUT2D eigenvalue weighted by Gasteiger charge is 2.04. The highest BCUT2D eigenvalue weighted by Crippen LogP contribution is 2.23. The molecule has 3 rings (SSSR count). The van der Waals surface area contributed by atoms with Crippen LogP contribution in [0.5, 0.6) is 11.5 Å². The number of amides is 1. The summed E-state index contributed by atoms with van der Waals surface area (Å²) < 4.78 is 19.4. The van der Waals surface area contributed by atoms with Crippen molar-refractivity contribution in [1.82, 2.24) is 0 Å². The van der Waals surface area contributed by atoms with E-state index in [4.69, 9.17) is 16.3 Å². The van der Waals surface area contributed by atoms with Crippen molar-refractivity contribution >= 4 is 29.3 Å². The van der Waals surface area contributed by atoms with Gasteiger partial charge in [-0.25, -0.2) is 4.39 Å². The summed E-state index contributed by atoms with van der Waals surface area (Å²) in [7, 11) is 0. The number of ether oxygens (including phenoxy) is 1. The smallest absolute Gasteiger partial charge is 0.248 e. The second-order valence-corrected chi connectivity index (χ2v) is 5.80. The standard InChI is InChI=1S/C21H15ClFNO2/c22-19-7-4-8-20(23)18(19)13-14-21(25)24-15-9-11-17(12-10-15)26-16-5-2-1-3-6-16/h1-14H,(H,24,25). The van der Waals surface area contributed by atoms with E-state index in [1.54, 1.807) is 30.3 Å². The first-order chi connectivity index (χ1) is 12.6. The van der Waals surface area contributed by atoms with Gasteiger partial charge in [0.05, 0.1) is 5.02 Å². The topological polar surface area (TPSA) is 38.3 Å². The minimum Gasteiger partial charge on any atom is -0.457 e. The molecular formula is C21H15ClFNO2. The fraction of sp³-hybridized carbons (Fsp3) is 0. The Labute approximate surface area is 155 Å². The van der Waals surface area contributed by atoms with Gasteiger partial charge in [0.15, 0.2) is 0 Å². The first kappa shape index (κ1) is 17.7. The van der Waals surface area contributed by atoms with Gasteiger partial charge in [-0.15, -0.1) is 0 Å². The van der Waals surface area contributed by atoms with Gasteiger partial charge in [0.1, 0.15) is 17.3 Å². The third-order valence-corrected chi connectivity index (χ3v) is 3.83. The minimum atomic E-state index is -0.482. The van der Waals surface area contributed by atoms with Crippen molar-refractivity contribution in [2.24, 2.45) is 0 Å². The first-order valence-corrected chi connectivity index (χ1v) is 8.26. The average Bonchev–Trinajstić information content (AvgIpc) is 2.64. The summed E-state index contributed by atoms with van der Waals surface area (Å²) >= 11 is 5.92. The lowest BCUT2D eigenvalue weighted by molar-refractivity contribution is -0.111. The van der Waals surface area contributed by atoms with Crippen LogP contribution in [-0.4, -0.2) is 5.91 Å². The van der Waals surface area contributed by atoms with Crippen molar-refractivity contribution in [1.29, 1.82) is 0 Å². The van der Waals surface area contributed by atoms with Crippen LogP contribution in [0.2, 0.25) is 5.02 Å². The summed E-state index contributed by atoms with van der Waals surface area (Å²) in [6.45, 7) is 0. The summed E-state index contributed by atoms with van der Waals surface area (Å²) in [6.07, 6.45) is 2.58. The number of hydrogen-bond acceptors (Lipinski definition) is 2. The van der Waals surface area contributed by atoms with Gasteiger partial charge in [0.25, 0.3) is 0 Å². The zero-order chi connectivity index (χ0) is 18.4. The molecule has 0 saturated heterocycles. The Morgan fingerprint density at radius 2 is 1.62 bits per heavy atom. The highest BCUT2D eigenvalue weighted by molar-refractivity contribution is 6.32. The third kappa shape index (κ3) is 4.71. The zero-order valence-electron chi connectivity index (χ0n) is 13.7. The number of hydrogen-bond donors (Lipinski definition) is 1. The Hall–Kier alpha value is -3.11. The molecule has 3 nitrogen and oxygen atoms in total. The minimum absolute atomic E-state index is 0.177. The molecule has 0 bridgehead atoms. The van der Waals surface area contributed by atoms with Crippen LogP contribution in [0.4, 0.5) is 10.1 Å². The summed E-state index contributed by atoms with van der Waals surface area (Å²) in [4.78, 5) is 12.0. The molecule has 0 fully saturated rings. The number of carbonyl (C=O) groups excluding carboxylic acids is 1. The number of halogens is 2. The Bertz CT molecular complexity index is 904. The van der Waals surface area contributed by atoms with Crippen LogP contribution < -0.4 is 10.1 Å². The molecule has 0 radical (unpaired) electrons. The largest absolute Gasteiger partial charge is 0.457 e. The summed E-state index contributed by atoms with van der Waals surface area (Å²) in [5.74, 6) is 0.516. The molecule has 0 heterocycles. The zero-order valence-corrected chi connectivity index (χ0v) is 14.4. The second-order valence-electron chi connectivity index (χ2n) is 5.40. The van der Waals surface area contributed by atoms with Crippen LogP contribution in [0, 0.1) is 5.82 Å². The third-order valence-electron chi connectivity index (χ3n) is 3.50. The van der Waals surface area contributed by atoms with Gasteiger partial charge in [-0.3, -0.25) is 4.79 Å². The Kier molecular flexibility index (Phi) is 5.66. The molecule has 0 aliphatic rings. The van der Waals surface area contributed by atoms with Crippen LogP contribution >= 0.6 is 11.6 Å². The lowest BCUT2D eigenvalue weighted by Gasteiger charge is -2.07. The van der Waals surface area contributed by atoms with E-state index in [2.05, 4.69) is 5.32 Å². The Balaban J connectivity index is 1.62. The van der Waals surface area contributed by atoms with Gasteiger partial charge in [-0.2, -0.15) is 0 Å². The number of para-hydroxylation sites is 1. The van der Waals surface area contributed by atoms with E-state index in [9.17, 15) is 9.18 Å². The molecule has 3 aromatic rings. The molecule has 26 heavy (non-hydrogen) atoms. The lowest BCUT2D eigenvalue weighted by Crippen LogP contribution is -2.07. The quantitative estimate of drug-likeness (QED) is 0.568. The van der Waals surface area contributed by atoms with E-state index in [0.717, 1.165) is 5.75 Å². The molecule has 0 aromatic heterocycles. The molecule has 1 N–H and O–H groups in total. The van der Waals surface area contributed by atoms with Crippen LogP contribution in [0.15, 0.2) is 78.9 Å². The van der Waals surface area contributed by atoms with Gasteiger partial charge in [0, 0.05) is 17.3 Å². The van der Waals surface area contributed by atoms with Gasteiger partial charge in [0.2, 0.25) is 5.91 Å². The molecule has 0 unspecified atom stereocenters. The van der Waals surface area contributed by atoms with Crippen molar-refractivity contribution < 1.29 is 13.9 Å². The SMILES string of the molecule is O=C(C=Cc1c(F)cccc1Cl)Nc1ccc(Oc2ccccc2)cc1. The highest BCUT2D eigenvalue weighted by atomic mass is 35.5. The van der Waals surface area contributed by atoms with E-state index >= 15 is 0 Å². The maximum absolute atomic E-state index is 13.7. The molecule has 0 aliphatic carbocycles. The molecular weight excluding hydrogens is 353 g/mol. The fourth-order valence-corrected chi connectivity index (χ4v) is 2.47. The average molecular weight is 368 g/mol. The van der Waals surface area contributed by atoms with E-state index in [-0.39, 0.29) is 16.5 Å². The van der Waals surface area contributed by atoms with Crippen molar-refractivity contribution in [3.8, 4) is 11.5 Å². The van der Waals surface area contributed by atoms with Crippen molar-refractivity contribution in [3.05, 3.63) is 95.3 Å². The van der Waals surface area contributed by atoms with Gasteiger partial charge in [-0.05, 0) is 54.6 Å². The molecule has 0 spiro atoms. The monoisotopic (exact) mass is 367 g/mol. The van der Waals surface area contributed by atoms with Crippen molar-refractivity contribution in [2.75, 3.05) is 5.32 Å². The normalized spacial score (nSPS) is 10.7. The summed E-state index contributed by atoms with van der Waals surface area (Å²) in [5.41, 5.74) is 0.774. The number of nitrogens with one attached hydrogen (secondary N) is 1. The van der Waals surface area contributed by atoms with Gasteiger partial charge >= 0.3 is 0 Å². The fourth-order valence-electron chi connectivity index (χ4n) is 2.24. The summed E-state index contributed by atoms with van der Waals surface area (Å²) in [5, 5.41) is 2.94. The van der Waals surface area contributed by atoms with E-state index in [1.807, 2.05) is 30.3 Å². The number of benzene rings is 3. The predicted molar refractivity (Wildman–Crippen MR) is 102 cm³/mol. The first-order valence-electron chi connectivity index (χ1n) is 7.88. The van der Waals surface area contributed by atoms with Crippen molar-refractivity contribution in [3.63, 3.8) is 0 Å². The molecule has 0 saturated carbocycles. The lowest BCUT2D eigenvalue weighted by atomic mass is 10.2. The van der Waals surface area contributed by atoms with E-state index in [0.29, 0.717) is 11.4 Å². The molecule has 5 heteroatoms. The Morgan fingerprint density at radius 3 is 2.31 bits per heavy atom. The maximum Gasteiger partial charge on any atom is 0.248 e. The molecule has 130 valence electrons.